The van der Waals surface area contributed by atoms with Crippen LogP contribution in [0.2, 0.25) is 0 Å². The average molecular weight is 301 g/mol. The molecule has 0 aromatic heterocycles. The quantitative estimate of drug-likeness (QED) is 0.148. The van der Waals surface area contributed by atoms with Gasteiger partial charge in [0.05, 0.1) is 9.81 Å². The van der Waals surface area contributed by atoms with Crippen LogP contribution in [0.5, 0.6) is 0 Å². The Balaban J connectivity index is -0.0000000406. The molecule has 0 fully saturated rings. The molecule has 0 amide bonds. The van der Waals surface area contributed by atoms with E-state index in [4.69, 9.17) is 37.8 Å². The molecule has 0 aliphatic heterocycles. The van der Waals surface area contributed by atoms with Gasteiger partial charge in [0, 0.05) is 20.4 Å². The maximum Gasteiger partial charge on any atom is 0.394 e. The molecule has 0 atom stereocenters. The Hall–Kier alpha value is -0.668. The van der Waals surface area contributed by atoms with Crippen molar-refractivity contribution in [1.29, 1.82) is 0 Å². The summed E-state index contributed by atoms with van der Waals surface area (Å²) in [5, 5.41) is 14.5. The molecular formula is H6N2O8PdS+2. The van der Waals surface area contributed by atoms with Gasteiger partial charge < -0.3 is 0 Å². The summed E-state index contributed by atoms with van der Waals surface area (Å²) in [5.41, 5.74) is 0. The van der Waals surface area contributed by atoms with Gasteiger partial charge in [-0.2, -0.15) is 8.42 Å². The fourth-order valence-electron chi connectivity index (χ4n) is 0. The third-order valence-electron chi connectivity index (χ3n) is 0. The molecule has 0 heterocycles. The van der Waals surface area contributed by atoms with Crippen LogP contribution in [0.4, 0.5) is 0 Å². The Kier molecular flexibility index (Phi) is 31.4. The molecule has 12 heteroatoms. The van der Waals surface area contributed by atoms with Crippen molar-refractivity contribution in [2.45, 2.75) is 0 Å². The van der Waals surface area contributed by atoms with Crippen molar-refractivity contribution >= 4 is 10.4 Å². The Morgan fingerprint density at radius 1 is 0.917 bits per heavy atom. The first-order valence-corrected chi connectivity index (χ1v) is 2.95. The van der Waals surface area contributed by atoms with Gasteiger partial charge in [-0.15, -0.1) is 0 Å². The molecule has 0 bridgehead atoms. The third kappa shape index (κ3) is 1450. The van der Waals surface area contributed by atoms with Crippen LogP contribution < -0.4 is 10.7 Å². The minimum absolute atomic E-state index is 0. The maximum absolute atomic E-state index is 8.74. The number of hydrogen-bond acceptors (Lipinski definition) is 4. The Bertz CT molecular complexity index is 157. The van der Waals surface area contributed by atoms with Crippen molar-refractivity contribution in [2.75, 3.05) is 0 Å². The van der Waals surface area contributed by atoms with Crippen molar-refractivity contribution in [3.63, 3.8) is 0 Å². The average Bonchev–Trinajstić information content (AvgIpc) is 1.62. The SMILES string of the molecule is O=S(=O)(O)O.O=[NH+]O.O=[NH+]O.[Pd]. The van der Waals surface area contributed by atoms with Crippen molar-refractivity contribution in [2.24, 2.45) is 0 Å². The molecule has 0 unspecified atom stereocenters. The van der Waals surface area contributed by atoms with E-state index in [1.807, 2.05) is 0 Å². The van der Waals surface area contributed by atoms with Gasteiger partial charge in [-0.25, -0.2) is 10.4 Å². The van der Waals surface area contributed by atoms with Crippen LogP contribution in [0.1, 0.15) is 0 Å². The second-order valence-corrected chi connectivity index (χ2v) is 1.53. The molecule has 0 saturated carbocycles. The first-order valence-electron chi connectivity index (χ1n) is 1.55. The van der Waals surface area contributed by atoms with Gasteiger partial charge in [0.15, 0.2) is 10.7 Å². The third-order valence-corrected chi connectivity index (χ3v) is 0. The zero-order valence-electron chi connectivity index (χ0n) is 5.15. The molecule has 12 heavy (non-hydrogen) atoms. The predicted molar refractivity (Wildman–Crippen MR) is 26.4 cm³/mol. The zero-order chi connectivity index (χ0) is 9.91. The van der Waals surface area contributed by atoms with E-state index in [0.29, 0.717) is 10.7 Å². The van der Waals surface area contributed by atoms with Crippen LogP contribution in [-0.4, -0.2) is 27.9 Å². The van der Waals surface area contributed by atoms with E-state index < -0.39 is 10.4 Å². The van der Waals surface area contributed by atoms with Crippen LogP contribution in [0.3, 0.4) is 0 Å². The van der Waals surface area contributed by atoms with Gasteiger partial charge in [0.2, 0.25) is 0 Å². The van der Waals surface area contributed by atoms with Crippen LogP contribution in [0.25, 0.3) is 0 Å². The molecule has 0 spiro atoms. The maximum atomic E-state index is 8.74. The fraction of sp³-hybridized carbons (Fsp3) is 0. The number of rotatable bonds is 0. The summed E-state index contributed by atoms with van der Waals surface area (Å²) in [6, 6.07) is 0. The van der Waals surface area contributed by atoms with Gasteiger partial charge >= 0.3 is 10.4 Å². The van der Waals surface area contributed by atoms with Gasteiger partial charge in [-0.1, -0.05) is 0 Å². The Labute approximate surface area is 79.7 Å². The molecular weight excluding hydrogens is 294 g/mol. The van der Waals surface area contributed by atoms with Crippen molar-refractivity contribution in [3.05, 3.63) is 9.81 Å². The summed E-state index contributed by atoms with van der Waals surface area (Å²) in [7, 11) is -4.67. The van der Waals surface area contributed by atoms with Gasteiger partial charge in [0.1, 0.15) is 0 Å². The largest absolute Gasteiger partial charge is 0.394 e. The molecule has 6 N–H and O–H groups in total. The van der Waals surface area contributed by atoms with Gasteiger partial charge in [-0.3, -0.25) is 9.11 Å². The van der Waals surface area contributed by atoms with Gasteiger partial charge in [0.25, 0.3) is 0 Å². The van der Waals surface area contributed by atoms with E-state index in [1.165, 1.54) is 0 Å². The summed E-state index contributed by atoms with van der Waals surface area (Å²) in [6.45, 7) is 0. The molecule has 0 rings (SSSR count). The molecule has 78 valence electrons. The standard InChI is InChI=1S/2HNO2.H2O4S.Pd/c2*2-1-3;1-5(2,3)4;/h2*1H;(H2,1,2,3,4);/p+2. The first-order chi connectivity index (χ1) is 4.83. The fourth-order valence-corrected chi connectivity index (χ4v) is 0. The van der Waals surface area contributed by atoms with Crippen molar-refractivity contribution < 1.29 is 59.0 Å². The monoisotopic (exact) mass is 300 g/mol. The van der Waals surface area contributed by atoms with E-state index in [9.17, 15) is 0 Å². The van der Waals surface area contributed by atoms with E-state index in [1.54, 1.807) is 0 Å². The number of nitrogens with one attached hydrogen (secondary N) is 2. The first kappa shape index (κ1) is 22.5. The Morgan fingerprint density at radius 3 is 0.917 bits per heavy atom. The van der Waals surface area contributed by atoms with Crippen molar-refractivity contribution in [1.82, 2.24) is 0 Å². The summed E-state index contributed by atoms with van der Waals surface area (Å²) in [6.07, 6.45) is 0. The van der Waals surface area contributed by atoms with Gasteiger partial charge in [-0.05, 0) is 0 Å². The molecule has 10 nitrogen and oxygen atoms in total. The minimum Gasteiger partial charge on any atom is -0.264 e. The predicted octanol–water partition coefficient (Wildman–Crippen LogP) is -4.21. The van der Waals surface area contributed by atoms with Crippen molar-refractivity contribution in [3.8, 4) is 0 Å². The summed E-state index contributed by atoms with van der Waals surface area (Å²) >= 11 is 0. The van der Waals surface area contributed by atoms with Crippen LogP contribution in [0, 0.1) is 9.81 Å². The smallest absolute Gasteiger partial charge is 0.264 e. The van der Waals surface area contributed by atoms with Crippen LogP contribution >= 0.6 is 0 Å². The normalized spacial score (nSPS) is 6.83. The molecule has 0 saturated heterocycles. The molecule has 0 aliphatic rings. The zero-order valence-corrected chi connectivity index (χ0v) is 7.52. The molecule has 0 aromatic rings. The summed E-state index contributed by atoms with van der Waals surface area (Å²) < 4.78 is 31.6. The van der Waals surface area contributed by atoms with Crippen LogP contribution in [-0.2, 0) is 30.8 Å². The van der Waals surface area contributed by atoms with E-state index in [-0.39, 0.29) is 20.4 Å². The number of hydrogen-bond donors (Lipinski definition) is 6. The molecule has 0 aliphatic carbocycles. The van der Waals surface area contributed by atoms with E-state index >= 15 is 0 Å². The second-order valence-electron chi connectivity index (χ2n) is 0.630. The second kappa shape index (κ2) is 16.7. The minimum atomic E-state index is -4.67. The topological polar surface area (TPSA) is 177 Å². The van der Waals surface area contributed by atoms with E-state index in [2.05, 4.69) is 0 Å². The summed E-state index contributed by atoms with van der Waals surface area (Å²) in [4.78, 5) is 16.5. The summed E-state index contributed by atoms with van der Waals surface area (Å²) in [5.74, 6) is 0. The Morgan fingerprint density at radius 2 is 0.917 bits per heavy atom. The molecule has 0 aromatic carbocycles. The van der Waals surface area contributed by atoms with E-state index in [0.717, 1.165) is 0 Å². The van der Waals surface area contributed by atoms with Crippen LogP contribution in [0.15, 0.2) is 0 Å². The molecule has 0 radical (unpaired) electrons.